The van der Waals surface area contributed by atoms with Gasteiger partial charge in [-0.2, -0.15) is 0 Å². The molecule has 0 aliphatic heterocycles. The van der Waals surface area contributed by atoms with Gasteiger partial charge in [-0.15, -0.1) is 10.2 Å². The number of rotatable bonds is 5. The van der Waals surface area contributed by atoms with Crippen molar-refractivity contribution in [3.05, 3.63) is 71.3 Å². The maximum absolute atomic E-state index is 12.6. The van der Waals surface area contributed by atoms with Crippen LogP contribution in [-0.2, 0) is 0 Å². The van der Waals surface area contributed by atoms with E-state index >= 15 is 0 Å². The molecule has 3 aromatic rings. The monoisotopic (exact) mass is 368 g/mol. The summed E-state index contributed by atoms with van der Waals surface area (Å²) in [6.07, 6.45) is 3.07. The smallest absolute Gasteiger partial charge is 0.257 e. The van der Waals surface area contributed by atoms with Gasteiger partial charge in [-0.05, 0) is 42.5 Å². The molecule has 0 aliphatic carbocycles. The van der Waals surface area contributed by atoms with Gasteiger partial charge in [0.1, 0.15) is 12.7 Å². The van der Waals surface area contributed by atoms with Gasteiger partial charge in [0.2, 0.25) is 0 Å². The summed E-state index contributed by atoms with van der Waals surface area (Å²) in [6.45, 7) is 3.70. The molecule has 1 heterocycles. The number of halogens is 1. The summed E-state index contributed by atoms with van der Waals surface area (Å²) in [7, 11) is 0. The van der Waals surface area contributed by atoms with E-state index in [0.717, 1.165) is 5.69 Å². The van der Waals surface area contributed by atoms with Gasteiger partial charge in [0.05, 0.1) is 10.6 Å². The first-order valence-corrected chi connectivity index (χ1v) is 8.43. The highest BCUT2D eigenvalue weighted by atomic mass is 35.5. The highest BCUT2D eigenvalue weighted by Crippen LogP contribution is 2.22. The van der Waals surface area contributed by atoms with E-state index in [1.807, 2.05) is 13.8 Å². The van der Waals surface area contributed by atoms with E-state index in [4.69, 9.17) is 11.6 Å². The maximum atomic E-state index is 12.6. The quantitative estimate of drug-likeness (QED) is 0.690. The zero-order valence-corrected chi connectivity index (χ0v) is 15.1. The fraction of sp³-hybridized carbons (Fsp3) is 0.158. The largest absolute Gasteiger partial charge is 0.322 e. The van der Waals surface area contributed by atoms with Crippen molar-refractivity contribution in [3.8, 4) is 5.69 Å². The van der Waals surface area contributed by atoms with Crippen LogP contribution in [0.1, 0.15) is 34.6 Å². The lowest BCUT2D eigenvalue weighted by Crippen LogP contribution is -2.13. The molecular formula is C19H17ClN4O2. The van der Waals surface area contributed by atoms with Gasteiger partial charge in [-0.25, -0.2) is 0 Å². The van der Waals surface area contributed by atoms with E-state index in [9.17, 15) is 9.59 Å². The van der Waals surface area contributed by atoms with Crippen LogP contribution >= 0.6 is 11.6 Å². The first-order chi connectivity index (χ1) is 12.5. The molecule has 26 heavy (non-hydrogen) atoms. The number of nitrogens with one attached hydrogen (secondary N) is 1. The van der Waals surface area contributed by atoms with Crippen molar-refractivity contribution in [2.75, 3.05) is 5.32 Å². The molecule has 0 saturated carbocycles. The molecule has 1 aromatic heterocycles. The Morgan fingerprint density at radius 1 is 1.04 bits per heavy atom. The Morgan fingerprint density at radius 3 is 2.31 bits per heavy atom. The van der Waals surface area contributed by atoms with Crippen molar-refractivity contribution in [1.82, 2.24) is 14.8 Å². The van der Waals surface area contributed by atoms with Gasteiger partial charge in [0.15, 0.2) is 5.78 Å². The van der Waals surface area contributed by atoms with Gasteiger partial charge in [-0.3, -0.25) is 14.2 Å². The number of amides is 1. The Morgan fingerprint density at radius 2 is 1.69 bits per heavy atom. The maximum Gasteiger partial charge on any atom is 0.257 e. The molecule has 0 radical (unpaired) electrons. The zero-order valence-electron chi connectivity index (χ0n) is 14.3. The van der Waals surface area contributed by atoms with Crippen LogP contribution < -0.4 is 5.32 Å². The lowest BCUT2D eigenvalue weighted by Gasteiger charge is -2.10. The van der Waals surface area contributed by atoms with E-state index in [1.54, 1.807) is 47.0 Å². The van der Waals surface area contributed by atoms with Crippen LogP contribution in [0, 0.1) is 5.92 Å². The van der Waals surface area contributed by atoms with Crippen molar-refractivity contribution in [2.24, 2.45) is 5.92 Å². The Hall–Kier alpha value is -2.99. The summed E-state index contributed by atoms with van der Waals surface area (Å²) in [5.41, 5.74) is 2.26. The Kier molecular flexibility index (Phi) is 5.14. The van der Waals surface area contributed by atoms with Crippen molar-refractivity contribution < 1.29 is 9.59 Å². The minimum atomic E-state index is -0.340. The fourth-order valence-corrected chi connectivity index (χ4v) is 2.63. The van der Waals surface area contributed by atoms with E-state index in [1.165, 1.54) is 12.7 Å². The number of aromatic nitrogens is 3. The van der Waals surface area contributed by atoms with E-state index < -0.39 is 0 Å². The minimum absolute atomic E-state index is 0.0626. The van der Waals surface area contributed by atoms with Crippen LogP contribution in [0.5, 0.6) is 0 Å². The van der Waals surface area contributed by atoms with Crippen molar-refractivity contribution in [1.29, 1.82) is 0 Å². The first-order valence-electron chi connectivity index (χ1n) is 8.06. The Balaban J connectivity index is 1.80. The molecule has 0 fully saturated rings. The predicted molar refractivity (Wildman–Crippen MR) is 99.9 cm³/mol. The number of hydrogen-bond acceptors (Lipinski definition) is 4. The molecule has 0 saturated heterocycles. The molecule has 0 spiro atoms. The summed E-state index contributed by atoms with van der Waals surface area (Å²) in [6, 6.07) is 11.9. The standard InChI is InChI=1S/C19H17ClN4O2/c1-12(2)18(25)13-3-5-14(6-4-13)23-19(26)16-9-15(7-8-17(16)20)24-10-21-22-11-24/h3-12H,1-2H3,(H,23,26). The average molecular weight is 369 g/mol. The molecule has 1 N–H and O–H groups in total. The molecule has 1 amide bonds. The van der Waals surface area contributed by atoms with Crippen molar-refractivity contribution in [2.45, 2.75) is 13.8 Å². The number of carbonyl (C=O) groups excluding carboxylic acids is 2. The Labute approximate surface area is 155 Å². The van der Waals surface area contributed by atoms with E-state index in [0.29, 0.717) is 21.8 Å². The average Bonchev–Trinajstić information content (AvgIpc) is 3.16. The number of hydrogen-bond donors (Lipinski definition) is 1. The number of nitrogens with zero attached hydrogens (tertiary/aromatic N) is 3. The second-order valence-corrected chi connectivity index (χ2v) is 6.49. The molecule has 132 valence electrons. The van der Waals surface area contributed by atoms with Crippen molar-refractivity contribution in [3.63, 3.8) is 0 Å². The molecule has 6 nitrogen and oxygen atoms in total. The van der Waals surface area contributed by atoms with Crippen LogP contribution in [0.25, 0.3) is 5.69 Å². The molecule has 0 bridgehead atoms. The number of benzene rings is 2. The SMILES string of the molecule is CC(C)C(=O)c1ccc(NC(=O)c2cc(-n3cnnc3)ccc2Cl)cc1. The third-order valence-corrected chi connectivity index (χ3v) is 4.19. The van der Waals surface area contributed by atoms with Crippen LogP contribution in [0.2, 0.25) is 5.02 Å². The number of Topliss-reactive ketones (excluding diaryl/α,β-unsaturated/α-hetero) is 1. The second kappa shape index (κ2) is 7.49. The molecule has 0 aliphatic rings. The number of carbonyl (C=O) groups is 2. The molecule has 0 atom stereocenters. The lowest BCUT2D eigenvalue weighted by atomic mass is 10.0. The first kappa shape index (κ1) is 17.8. The summed E-state index contributed by atoms with van der Waals surface area (Å²) < 4.78 is 1.68. The molecule has 0 unspecified atom stereocenters. The van der Waals surface area contributed by atoms with Gasteiger partial charge in [0, 0.05) is 22.9 Å². The Bertz CT molecular complexity index is 935. The van der Waals surface area contributed by atoms with Crippen LogP contribution in [0.15, 0.2) is 55.1 Å². The van der Waals surface area contributed by atoms with Crippen LogP contribution in [0.3, 0.4) is 0 Å². The summed E-state index contributed by atoms with van der Waals surface area (Å²) in [5.74, 6) is -0.352. The highest BCUT2D eigenvalue weighted by molar-refractivity contribution is 6.34. The molecule has 2 aromatic carbocycles. The van der Waals surface area contributed by atoms with Crippen molar-refractivity contribution >= 4 is 29.0 Å². The van der Waals surface area contributed by atoms with Crippen LogP contribution in [0.4, 0.5) is 5.69 Å². The molecule has 7 heteroatoms. The minimum Gasteiger partial charge on any atom is -0.322 e. The number of anilines is 1. The molecular weight excluding hydrogens is 352 g/mol. The van der Waals surface area contributed by atoms with Gasteiger partial charge >= 0.3 is 0 Å². The zero-order chi connectivity index (χ0) is 18.7. The summed E-state index contributed by atoms with van der Waals surface area (Å²) in [4.78, 5) is 24.6. The predicted octanol–water partition coefficient (Wildman–Crippen LogP) is 4.01. The lowest BCUT2D eigenvalue weighted by molar-refractivity contribution is 0.0939. The third-order valence-electron chi connectivity index (χ3n) is 3.86. The third kappa shape index (κ3) is 3.81. The molecule has 3 rings (SSSR count). The number of ketones is 1. The van der Waals surface area contributed by atoms with E-state index in [2.05, 4.69) is 15.5 Å². The fourth-order valence-electron chi connectivity index (χ4n) is 2.43. The van der Waals surface area contributed by atoms with E-state index in [-0.39, 0.29) is 17.6 Å². The highest BCUT2D eigenvalue weighted by Gasteiger charge is 2.14. The van der Waals surface area contributed by atoms with Gasteiger partial charge in [0.25, 0.3) is 5.91 Å². The van der Waals surface area contributed by atoms with Gasteiger partial charge < -0.3 is 5.32 Å². The van der Waals surface area contributed by atoms with Crippen LogP contribution in [-0.4, -0.2) is 26.5 Å². The summed E-state index contributed by atoms with van der Waals surface area (Å²) in [5, 5.41) is 10.6. The topological polar surface area (TPSA) is 76.9 Å². The second-order valence-electron chi connectivity index (χ2n) is 6.08. The summed E-state index contributed by atoms with van der Waals surface area (Å²) >= 11 is 6.17. The normalized spacial score (nSPS) is 10.8. The van der Waals surface area contributed by atoms with Gasteiger partial charge in [-0.1, -0.05) is 25.4 Å².